The minimum absolute atomic E-state index is 0.106. The maximum absolute atomic E-state index is 14.0. The van der Waals surface area contributed by atoms with Gasteiger partial charge in [-0.2, -0.15) is 5.26 Å². The Labute approximate surface area is 129 Å². The Kier molecular flexibility index (Phi) is 5.79. The van der Waals surface area contributed by atoms with Crippen molar-refractivity contribution in [1.29, 1.82) is 5.26 Å². The summed E-state index contributed by atoms with van der Waals surface area (Å²) < 4.78 is 14.0. The molecule has 0 aromatic heterocycles. The van der Waals surface area contributed by atoms with Crippen LogP contribution in [0.2, 0.25) is 0 Å². The van der Waals surface area contributed by atoms with Gasteiger partial charge in [-0.15, -0.1) is 11.8 Å². The minimum atomic E-state index is -0.406. The molecule has 0 spiro atoms. The van der Waals surface area contributed by atoms with Crippen LogP contribution in [0.3, 0.4) is 0 Å². The molecule has 4 heteroatoms. The van der Waals surface area contributed by atoms with Gasteiger partial charge in [-0.1, -0.05) is 31.2 Å². The standard InChI is InChI=1S/C17H17FN2S/c1-2-20-11-13-5-3-8-16(9-13)21-12-15-7-4-6-14(10-19)17(15)18/h3-9,20H,2,11-12H2,1H3. The SMILES string of the molecule is CCNCc1cccc(SCc2cccc(C#N)c2F)c1. The van der Waals surface area contributed by atoms with Crippen molar-refractivity contribution in [3.8, 4) is 6.07 Å². The molecule has 21 heavy (non-hydrogen) atoms. The predicted molar refractivity (Wildman–Crippen MR) is 84.5 cm³/mol. The summed E-state index contributed by atoms with van der Waals surface area (Å²) in [6.07, 6.45) is 0. The van der Waals surface area contributed by atoms with Crippen LogP contribution in [0.25, 0.3) is 0 Å². The van der Waals surface area contributed by atoms with E-state index in [0.29, 0.717) is 11.3 Å². The van der Waals surface area contributed by atoms with Crippen LogP contribution in [-0.2, 0) is 12.3 Å². The molecule has 0 aliphatic rings. The number of nitriles is 1. The van der Waals surface area contributed by atoms with Crippen LogP contribution in [0.5, 0.6) is 0 Å². The quantitative estimate of drug-likeness (QED) is 0.816. The first kappa shape index (κ1) is 15.6. The number of thioether (sulfide) groups is 1. The second kappa shape index (κ2) is 7.82. The van der Waals surface area contributed by atoms with Crippen molar-refractivity contribution >= 4 is 11.8 Å². The Balaban J connectivity index is 2.05. The van der Waals surface area contributed by atoms with Crippen LogP contribution in [0.4, 0.5) is 4.39 Å². The highest BCUT2D eigenvalue weighted by Crippen LogP contribution is 2.25. The monoisotopic (exact) mass is 300 g/mol. The van der Waals surface area contributed by atoms with E-state index in [9.17, 15) is 4.39 Å². The van der Waals surface area contributed by atoms with Crippen molar-refractivity contribution in [2.24, 2.45) is 0 Å². The molecule has 2 aromatic rings. The highest BCUT2D eigenvalue weighted by Gasteiger charge is 2.08. The lowest BCUT2D eigenvalue weighted by Gasteiger charge is -2.07. The first-order chi connectivity index (χ1) is 10.2. The van der Waals surface area contributed by atoms with Gasteiger partial charge in [-0.25, -0.2) is 4.39 Å². The first-order valence-corrected chi connectivity index (χ1v) is 7.83. The third-order valence-electron chi connectivity index (χ3n) is 3.07. The molecule has 0 saturated carbocycles. The molecule has 108 valence electrons. The summed E-state index contributed by atoms with van der Waals surface area (Å²) in [5.41, 5.74) is 1.89. The lowest BCUT2D eigenvalue weighted by molar-refractivity contribution is 0.613. The molecule has 0 aliphatic carbocycles. The summed E-state index contributed by atoms with van der Waals surface area (Å²) in [5, 5.41) is 12.1. The molecule has 0 radical (unpaired) electrons. The molecular formula is C17H17FN2S. The molecule has 2 rings (SSSR count). The highest BCUT2D eigenvalue weighted by molar-refractivity contribution is 7.98. The molecule has 0 atom stereocenters. The van der Waals surface area contributed by atoms with Gasteiger partial charge in [0.05, 0.1) is 5.56 Å². The Bertz CT molecular complexity index is 649. The maximum Gasteiger partial charge on any atom is 0.144 e. The second-order valence-corrected chi connectivity index (χ2v) is 5.66. The molecule has 0 fully saturated rings. The average molecular weight is 300 g/mol. The van der Waals surface area contributed by atoms with Crippen molar-refractivity contribution in [2.45, 2.75) is 24.1 Å². The summed E-state index contributed by atoms with van der Waals surface area (Å²) >= 11 is 1.58. The number of rotatable bonds is 6. The molecule has 1 N–H and O–H groups in total. The van der Waals surface area contributed by atoms with Gasteiger partial charge >= 0.3 is 0 Å². The highest BCUT2D eigenvalue weighted by atomic mass is 32.2. The molecule has 0 heterocycles. The summed E-state index contributed by atoms with van der Waals surface area (Å²) in [7, 11) is 0. The van der Waals surface area contributed by atoms with E-state index in [0.717, 1.165) is 18.0 Å². The number of nitrogens with zero attached hydrogens (tertiary/aromatic N) is 1. The molecule has 2 aromatic carbocycles. The van der Waals surface area contributed by atoms with Crippen molar-refractivity contribution in [3.63, 3.8) is 0 Å². The van der Waals surface area contributed by atoms with Gasteiger partial charge in [0, 0.05) is 17.2 Å². The molecule has 0 amide bonds. The number of halogens is 1. The largest absolute Gasteiger partial charge is 0.313 e. The van der Waals surface area contributed by atoms with E-state index in [1.165, 1.54) is 11.6 Å². The lowest BCUT2D eigenvalue weighted by Crippen LogP contribution is -2.11. The zero-order valence-corrected chi connectivity index (χ0v) is 12.7. The Morgan fingerprint density at radius 1 is 1.24 bits per heavy atom. The zero-order valence-electron chi connectivity index (χ0n) is 11.9. The van der Waals surface area contributed by atoms with Crippen LogP contribution in [0.15, 0.2) is 47.4 Å². The Morgan fingerprint density at radius 2 is 2.05 bits per heavy atom. The van der Waals surface area contributed by atoms with Crippen LogP contribution in [0.1, 0.15) is 23.6 Å². The van der Waals surface area contributed by atoms with Gasteiger partial charge < -0.3 is 5.32 Å². The third kappa shape index (κ3) is 4.32. The second-order valence-electron chi connectivity index (χ2n) is 4.61. The van der Waals surface area contributed by atoms with Gasteiger partial charge in [0.2, 0.25) is 0 Å². The first-order valence-electron chi connectivity index (χ1n) is 6.84. The number of benzene rings is 2. The number of hydrogen-bond acceptors (Lipinski definition) is 3. The fraction of sp³-hybridized carbons (Fsp3) is 0.235. The number of hydrogen-bond donors (Lipinski definition) is 1. The molecule has 0 saturated heterocycles. The van der Waals surface area contributed by atoms with E-state index in [-0.39, 0.29) is 5.56 Å². The van der Waals surface area contributed by atoms with Crippen LogP contribution < -0.4 is 5.32 Å². The molecule has 0 unspecified atom stereocenters. The van der Waals surface area contributed by atoms with Crippen molar-refractivity contribution in [3.05, 3.63) is 65.0 Å². The Morgan fingerprint density at radius 3 is 2.81 bits per heavy atom. The van der Waals surface area contributed by atoms with E-state index in [2.05, 4.69) is 24.4 Å². The van der Waals surface area contributed by atoms with E-state index < -0.39 is 5.82 Å². The van der Waals surface area contributed by atoms with Crippen molar-refractivity contribution in [2.75, 3.05) is 6.54 Å². The van der Waals surface area contributed by atoms with E-state index in [1.807, 2.05) is 18.2 Å². The summed E-state index contributed by atoms with van der Waals surface area (Å²) in [4.78, 5) is 1.10. The van der Waals surface area contributed by atoms with Gasteiger partial charge in [0.25, 0.3) is 0 Å². The van der Waals surface area contributed by atoms with E-state index in [4.69, 9.17) is 5.26 Å². The fourth-order valence-corrected chi connectivity index (χ4v) is 2.91. The average Bonchev–Trinajstić information content (AvgIpc) is 2.52. The van der Waals surface area contributed by atoms with Gasteiger partial charge in [0.15, 0.2) is 0 Å². The predicted octanol–water partition coefficient (Wildman–Crippen LogP) is 4.10. The molecule has 0 aliphatic heterocycles. The molecule has 2 nitrogen and oxygen atoms in total. The lowest BCUT2D eigenvalue weighted by atomic mass is 10.1. The van der Waals surface area contributed by atoms with Crippen molar-refractivity contribution in [1.82, 2.24) is 5.32 Å². The molecular weight excluding hydrogens is 283 g/mol. The van der Waals surface area contributed by atoms with Crippen LogP contribution in [0, 0.1) is 17.1 Å². The van der Waals surface area contributed by atoms with Crippen LogP contribution in [-0.4, -0.2) is 6.54 Å². The normalized spacial score (nSPS) is 10.3. The van der Waals surface area contributed by atoms with E-state index in [1.54, 1.807) is 23.9 Å². The summed E-state index contributed by atoms with van der Waals surface area (Å²) in [6, 6.07) is 15.0. The smallest absolute Gasteiger partial charge is 0.144 e. The van der Waals surface area contributed by atoms with Crippen molar-refractivity contribution < 1.29 is 4.39 Å². The zero-order chi connectivity index (χ0) is 15.1. The summed E-state index contributed by atoms with van der Waals surface area (Å²) in [6.45, 7) is 3.84. The topological polar surface area (TPSA) is 35.8 Å². The minimum Gasteiger partial charge on any atom is -0.313 e. The summed E-state index contributed by atoms with van der Waals surface area (Å²) in [5.74, 6) is 0.114. The van der Waals surface area contributed by atoms with E-state index >= 15 is 0 Å². The van der Waals surface area contributed by atoms with Crippen LogP contribution >= 0.6 is 11.8 Å². The molecule has 0 bridgehead atoms. The van der Waals surface area contributed by atoms with Gasteiger partial charge in [-0.3, -0.25) is 0 Å². The van der Waals surface area contributed by atoms with Gasteiger partial charge in [-0.05, 0) is 35.9 Å². The Hall–Kier alpha value is -1.83. The van der Waals surface area contributed by atoms with Gasteiger partial charge in [0.1, 0.15) is 11.9 Å². The fourth-order valence-electron chi connectivity index (χ4n) is 1.95. The maximum atomic E-state index is 14.0. The number of nitrogens with one attached hydrogen (secondary N) is 1. The third-order valence-corrected chi connectivity index (χ3v) is 4.11.